The summed E-state index contributed by atoms with van der Waals surface area (Å²) < 4.78 is 0. The number of unbranched alkanes of at least 4 members (excludes halogenated alkanes) is 2. The first-order valence-corrected chi connectivity index (χ1v) is 9.30. The highest BCUT2D eigenvalue weighted by Gasteiger charge is 1.93. The van der Waals surface area contributed by atoms with Gasteiger partial charge in [-0.05, 0) is 43.0 Å². The second kappa shape index (κ2) is 13.5. The van der Waals surface area contributed by atoms with Crippen molar-refractivity contribution < 1.29 is 0 Å². The maximum absolute atomic E-state index is 3.38. The zero-order valence-electron chi connectivity index (χ0n) is 15.6. The van der Waals surface area contributed by atoms with Crippen LogP contribution in [0.15, 0.2) is 60.7 Å². The number of nitrogens with one attached hydrogen (secondary N) is 2. The van der Waals surface area contributed by atoms with Gasteiger partial charge < -0.3 is 10.6 Å². The van der Waals surface area contributed by atoms with Crippen LogP contribution in [0, 0.1) is 5.92 Å². The van der Waals surface area contributed by atoms with Gasteiger partial charge in [-0.1, -0.05) is 70.0 Å². The van der Waals surface area contributed by atoms with E-state index in [0.29, 0.717) is 0 Å². The normalized spacial score (nSPS) is 10.0. The molecule has 2 aromatic carbocycles. The van der Waals surface area contributed by atoms with Gasteiger partial charge in [0.2, 0.25) is 0 Å². The Balaban J connectivity index is 0.000000240. The molecule has 2 rings (SSSR count). The fourth-order valence-corrected chi connectivity index (χ4v) is 2.22. The van der Waals surface area contributed by atoms with Crippen LogP contribution < -0.4 is 10.6 Å². The van der Waals surface area contributed by atoms with Crippen LogP contribution in [0.2, 0.25) is 0 Å². The molecular formula is C22H34N2. The Hall–Kier alpha value is -1.96. The predicted octanol–water partition coefficient (Wildman–Crippen LogP) is 6.43. The third-order valence-corrected chi connectivity index (χ3v) is 3.71. The van der Waals surface area contributed by atoms with E-state index in [0.717, 1.165) is 19.0 Å². The van der Waals surface area contributed by atoms with Crippen molar-refractivity contribution in [1.82, 2.24) is 0 Å². The Morgan fingerprint density at radius 2 is 1.21 bits per heavy atom. The van der Waals surface area contributed by atoms with Gasteiger partial charge in [0.1, 0.15) is 0 Å². The minimum atomic E-state index is 0.779. The van der Waals surface area contributed by atoms with Crippen LogP contribution in [0.25, 0.3) is 0 Å². The van der Waals surface area contributed by atoms with E-state index < -0.39 is 0 Å². The number of rotatable bonds is 9. The highest BCUT2D eigenvalue weighted by atomic mass is 14.9. The summed E-state index contributed by atoms with van der Waals surface area (Å²) >= 11 is 0. The number of benzene rings is 2. The van der Waals surface area contributed by atoms with E-state index in [-0.39, 0.29) is 0 Å². The van der Waals surface area contributed by atoms with E-state index in [1.165, 1.54) is 37.1 Å². The first kappa shape index (κ1) is 20.1. The number of hydrogen-bond acceptors (Lipinski definition) is 2. The maximum atomic E-state index is 3.38. The van der Waals surface area contributed by atoms with Crippen molar-refractivity contribution in [3.8, 4) is 0 Å². The molecule has 0 aliphatic heterocycles. The molecule has 0 radical (unpaired) electrons. The van der Waals surface area contributed by atoms with Crippen LogP contribution in [-0.4, -0.2) is 13.1 Å². The van der Waals surface area contributed by atoms with Crippen LogP contribution >= 0.6 is 0 Å². The molecular weight excluding hydrogens is 292 g/mol. The quantitative estimate of drug-likeness (QED) is 0.519. The predicted molar refractivity (Wildman–Crippen MR) is 109 cm³/mol. The van der Waals surface area contributed by atoms with Crippen molar-refractivity contribution in [2.24, 2.45) is 5.92 Å². The average Bonchev–Trinajstić information content (AvgIpc) is 2.61. The summed E-state index contributed by atoms with van der Waals surface area (Å²) in [6.45, 7) is 8.88. The summed E-state index contributed by atoms with van der Waals surface area (Å²) in [7, 11) is 0. The lowest BCUT2D eigenvalue weighted by Crippen LogP contribution is -2.04. The summed E-state index contributed by atoms with van der Waals surface area (Å²) in [5.41, 5.74) is 2.45. The van der Waals surface area contributed by atoms with Gasteiger partial charge >= 0.3 is 0 Å². The van der Waals surface area contributed by atoms with Gasteiger partial charge in [-0.15, -0.1) is 0 Å². The topological polar surface area (TPSA) is 24.1 Å². The highest BCUT2D eigenvalue weighted by Crippen LogP contribution is 2.06. The molecule has 0 bridgehead atoms. The van der Waals surface area contributed by atoms with Gasteiger partial charge in [0.15, 0.2) is 0 Å². The van der Waals surface area contributed by atoms with Crippen molar-refractivity contribution in [3.05, 3.63) is 60.7 Å². The molecule has 0 aromatic heterocycles. The molecule has 2 aromatic rings. The number of hydrogen-bond donors (Lipinski definition) is 2. The molecule has 2 N–H and O–H groups in total. The Morgan fingerprint density at radius 3 is 1.67 bits per heavy atom. The largest absolute Gasteiger partial charge is 0.385 e. The standard InChI is InChI=1S/2C11H17N/c1-10(2)8-9-12-11-6-4-3-5-7-11;1-2-3-7-10-12-11-8-5-4-6-9-11/h3-7,10,12H,8-9H2,1-2H3;4-6,8-9,12H,2-3,7,10H2,1H3. The fraction of sp³-hybridized carbons (Fsp3) is 0.455. The number of anilines is 2. The van der Waals surface area contributed by atoms with Crippen LogP contribution in [0.4, 0.5) is 11.4 Å². The summed E-state index contributed by atoms with van der Waals surface area (Å²) in [5.74, 6) is 0.779. The van der Waals surface area contributed by atoms with Crippen molar-refractivity contribution >= 4 is 11.4 Å². The molecule has 2 heteroatoms. The Labute approximate surface area is 148 Å². The zero-order valence-corrected chi connectivity index (χ0v) is 15.6. The SMILES string of the molecule is CC(C)CCNc1ccccc1.CCCCCNc1ccccc1. The van der Waals surface area contributed by atoms with E-state index >= 15 is 0 Å². The van der Waals surface area contributed by atoms with Gasteiger partial charge in [0.05, 0.1) is 0 Å². The Kier molecular flexibility index (Phi) is 11.3. The van der Waals surface area contributed by atoms with Crippen LogP contribution in [0.1, 0.15) is 46.5 Å². The van der Waals surface area contributed by atoms with Gasteiger partial charge in [-0.25, -0.2) is 0 Å². The highest BCUT2D eigenvalue weighted by molar-refractivity contribution is 5.42. The molecule has 0 fully saturated rings. The lowest BCUT2D eigenvalue weighted by molar-refractivity contribution is 0.607. The van der Waals surface area contributed by atoms with Crippen molar-refractivity contribution in [3.63, 3.8) is 0 Å². The lowest BCUT2D eigenvalue weighted by atomic mass is 10.1. The lowest BCUT2D eigenvalue weighted by Gasteiger charge is -2.07. The van der Waals surface area contributed by atoms with Crippen molar-refractivity contribution in [2.75, 3.05) is 23.7 Å². The third kappa shape index (κ3) is 10.7. The van der Waals surface area contributed by atoms with Crippen LogP contribution in [0.3, 0.4) is 0 Å². The molecule has 2 nitrogen and oxygen atoms in total. The smallest absolute Gasteiger partial charge is 0.0340 e. The first-order chi connectivity index (χ1) is 11.7. The molecule has 0 aliphatic carbocycles. The summed E-state index contributed by atoms with van der Waals surface area (Å²) in [6, 6.07) is 20.7. The summed E-state index contributed by atoms with van der Waals surface area (Å²) in [4.78, 5) is 0. The van der Waals surface area contributed by atoms with E-state index in [1.807, 2.05) is 12.1 Å². The molecule has 0 unspecified atom stereocenters. The first-order valence-electron chi connectivity index (χ1n) is 9.30. The molecule has 24 heavy (non-hydrogen) atoms. The van der Waals surface area contributed by atoms with Gasteiger partial charge in [-0.2, -0.15) is 0 Å². The Morgan fingerprint density at radius 1 is 0.708 bits per heavy atom. The molecule has 0 heterocycles. The molecule has 0 amide bonds. The Bertz CT molecular complexity index is 494. The van der Waals surface area contributed by atoms with Crippen molar-refractivity contribution in [1.29, 1.82) is 0 Å². The van der Waals surface area contributed by atoms with Crippen LogP contribution in [-0.2, 0) is 0 Å². The van der Waals surface area contributed by atoms with E-state index in [2.05, 4.69) is 79.9 Å². The second-order valence-corrected chi connectivity index (χ2v) is 6.48. The minimum Gasteiger partial charge on any atom is -0.385 e. The molecule has 0 saturated heterocycles. The number of para-hydroxylation sites is 2. The van der Waals surface area contributed by atoms with Gasteiger partial charge in [0, 0.05) is 24.5 Å². The molecule has 132 valence electrons. The second-order valence-electron chi connectivity index (χ2n) is 6.48. The van der Waals surface area contributed by atoms with Gasteiger partial charge in [0.25, 0.3) is 0 Å². The van der Waals surface area contributed by atoms with E-state index in [1.54, 1.807) is 0 Å². The molecule has 0 spiro atoms. The van der Waals surface area contributed by atoms with E-state index in [9.17, 15) is 0 Å². The summed E-state index contributed by atoms with van der Waals surface area (Å²) in [5, 5.41) is 6.76. The van der Waals surface area contributed by atoms with Gasteiger partial charge in [-0.3, -0.25) is 0 Å². The monoisotopic (exact) mass is 326 g/mol. The average molecular weight is 327 g/mol. The molecule has 0 atom stereocenters. The zero-order chi connectivity index (χ0) is 17.5. The van der Waals surface area contributed by atoms with Crippen LogP contribution in [0.5, 0.6) is 0 Å². The molecule has 0 aliphatic rings. The van der Waals surface area contributed by atoms with Crippen molar-refractivity contribution in [2.45, 2.75) is 46.5 Å². The minimum absolute atomic E-state index is 0.779. The fourth-order valence-electron chi connectivity index (χ4n) is 2.22. The third-order valence-electron chi connectivity index (χ3n) is 3.71. The van der Waals surface area contributed by atoms with E-state index in [4.69, 9.17) is 0 Å². The maximum Gasteiger partial charge on any atom is 0.0340 e. The summed E-state index contributed by atoms with van der Waals surface area (Å²) in [6.07, 6.45) is 5.11. The molecule has 0 saturated carbocycles.